The molecule has 0 aliphatic carbocycles. The zero-order valence-electron chi connectivity index (χ0n) is 11.3. The number of aromatic nitrogens is 3. The molecule has 0 fully saturated rings. The molecule has 7 heteroatoms. The van der Waals surface area contributed by atoms with Gasteiger partial charge in [-0.25, -0.2) is 14.4 Å². The molecule has 0 radical (unpaired) electrons. The molecular formula is C15H11FN3O2S-. The van der Waals surface area contributed by atoms with Crippen molar-refractivity contribution in [2.45, 2.75) is 5.75 Å². The number of halogens is 1. The van der Waals surface area contributed by atoms with Gasteiger partial charge in [0.05, 0.1) is 11.9 Å². The van der Waals surface area contributed by atoms with E-state index in [1.165, 1.54) is 18.6 Å². The van der Waals surface area contributed by atoms with Crippen LogP contribution >= 0.6 is 0 Å². The molecule has 5 nitrogen and oxygen atoms in total. The van der Waals surface area contributed by atoms with Crippen molar-refractivity contribution in [1.29, 1.82) is 0 Å². The second kappa shape index (κ2) is 6.17. The highest BCUT2D eigenvalue weighted by atomic mass is 32.2. The van der Waals surface area contributed by atoms with Gasteiger partial charge in [0.1, 0.15) is 18.0 Å². The average Bonchev–Trinajstić information content (AvgIpc) is 2.97. The lowest BCUT2D eigenvalue weighted by molar-refractivity contribution is 0.536. The molecule has 3 aromatic rings. The molecule has 0 aliphatic rings. The van der Waals surface area contributed by atoms with E-state index < -0.39 is 11.1 Å². The second-order valence-corrected chi connectivity index (χ2v) is 5.50. The van der Waals surface area contributed by atoms with E-state index in [0.29, 0.717) is 22.6 Å². The summed E-state index contributed by atoms with van der Waals surface area (Å²) in [5.74, 6) is 0.107. The lowest BCUT2D eigenvalue weighted by Crippen LogP contribution is -2.01. The van der Waals surface area contributed by atoms with Crippen LogP contribution in [0.3, 0.4) is 0 Å². The van der Waals surface area contributed by atoms with Crippen molar-refractivity contribution < 1.29 is 13.2 Å². The molecule has 0 saturated heterocycles. The first-order valence-electron chi connectivity index (χ1n) is 6.43. The molecular weight excluding hydrogens is 305 g/mol. The quantitative estimate of drug-likeness (QED) is 0.693. The van der Waals surface area contributed by atoms with Gasteiger partial charge >= 0.3 is 0 Å². The highest BCUT2D eigenvalue weighted by Gasteiger charge is 2.11. The minimum Gasteiger partial charge on any atom is -0.772 e. The van der Waals surface area contributed by atoms with Gasteiger partial charge in [-0.2, -0.15) is 0 Å². The van der Waals surface area contributed by atoms with Gasteiger partial charge in [0.2, 0.25) is 0 Å². The Morgan fingerprint density at radius 1 is 1.18 bits per heavy atom. The Morgan fingerprint density at radius 3 is 2.68 bits per heavy atom. The summed E-state index contributed by atoms with van der Waals surface area (Å²) in [6.07, 6.45) is 4.58. The zero-order valence-corrected chi connectivity index (χ0v) is 12.2. The molecule has 0 N–H and O–H groups in total. The molecule has 22 heavy (non-hydrogen) atoms. The van der Waals surface area contributed by atoms with Gasteiger partial charge < -0.3 is 4.55 Å². The molecule has 0 saturated carbocycles. The van der Waals surface area contributed by atoms with Gasteiger partial charge in [-0.05, 0) is 23.8 Å². The van der Waals surface area contributed by atoms with E-state index in [9.17, 15) is 13.2 Å². The minimum atomic E-state index is -2.16. The van der Waals surface area contributed by atoms with E-state index in [-0.39, 0.29) is 11.6 Å². The maximum absolute atomic E-state index is 13.9. The van der Waals surface area contributed by atoms with E-state index >= 15 is 0 Å². The molecule has 0 aliphatic heterocycles. The summed E-state index contributed by atoms with van der Waals surface area (Å²) >= 11 is -2.16. The normalized spacial score (nSPS) is 12.3. The topological polar surface area (TPSA) is 70.8 Å². The van der Waals surface area contributed by atoms with Crippen molar-refractivity contribution in [2.75, 3.05) is 0 Å². The fraction of sp³-hybridized carbons (Fsp3) is 0.0667. The lowest BCUT2D eigenvalue weighted by atomic mass is 10.1. The predicted octanol–water partition coefficient (Wildman–Crippen LogP) is 2.45. The molecule has 1 unspecified atom stereocenters. The first kappa shape index (κ1) is 14.6. The van der Waals surface area contributed by atoms with E-state index in [0.717, 1.165) is 0 Å². The third-order valence-electron chi connectivity index (χ3n) is 3.13. The number of rotatable bonds is 4. The lowest BCUT2D eigenvalue weighted by Gasteiger charge is -2.09. The second-order valence-electron chi connectivity index (χ2n) is 4.60. The molecule has 1 aromatic carbocycles. The van der Waals surface area contributed by atoms with E-state index in [1.807, 2.05) is 0 Å². The Hall–Kier alpha value is -2.38. The smallest absolute Gasteiger partial charge is 0.138 e. The van der Waals surface area contributed by atoms with Crippen molar-refractivity contribution in [2.24, 2.45) is 0 Å². The molecule has 3 rings (SSSR count). The number of pyridine rings is 1. The summed E-state index contributed by atoms with van der Waals surface area (Å²) in [5, 5.41) is 0. The van der Waals surface area contributed by atoms with Crippen LogP contribution in [-0.2, 0) is 16.8 Å². The highest BCUT2D eigenvalue weighted by molar-refractivity contribution is 7.78. The summed E-state index contributed by atoms with van der Waals surface area (Å²) in [4.78, 5) is 8.26. The van der Waals surface area contributed by atoms with Crippen LogP contribution in [0.1, 0.15) is 5.56 Å². The predicted molar refractivity (Wildman–Crippen MR) is 79.4 cm³/mol. The molecule has 1 atom stereocenters. The Labute approximate surface area is 128 Å². The fourth-order valence-electron chi connectivity index (χ4n) is 2.13. The number of hydrogen-bond donors (Lipinski definition) is 0. The first-order chi connectivity index (χ1) is 10.6. The van der Waals surface area contributed by atoms with Crippen molar-refractivity contribution in [3.8, 4) is 17.1 Å². The van der Waals surface area contributed by atoms with Crippen molar-refractivity contribution in [3.05, 3.63) is 66.5 Å². The Balaban J connectivity index is 1.99. The third kappa shape index (κ3) is 2.95. The number of benzene rings is 1. The van der Waals surface area contributed by atoms with Gasteiger partial charge in [0, 0.05) is 17.5 Å². The average molecular weight is 316 g/mol. The van der Waals surface area contributed by atoms with Crippen molar-refractivity contribution in [3.63, 3.8) is 0 Å². The van der Waals surface area contributed by atoms with Crippen LogP contribution in [0.25, 0.3) is 17.1 Å². The molecule has 0 bridgehead atoms. The van der Waals surface area contributed by atoms with Gasteiger partial charge in [0.15, 0.2) is 0 Å². The largest absolute Gasteiger partial charge is 0.772 e. The number of hydrogen-bond acceptors (Lipinski definition) is 4. The van der Waals surface area contributed by atoms with Gasteiger partial charge in [-0.15, -0.1) is 0 Å². The number of imidazole rings is 1. The van der Waals surface area contributed by atoms with E-state index in [2.05, 4.69) is 9.97 Å². The van der Waals surface area contributed by atoms with Crippen LogP contribution < -0.4 is 0 Å². The van der Waals surface area contributed by atoms with Crippen molar-refractivity contribution >= 4 is 11.1 Å². The van der Waals surface area contributed by atoms with Crippen LogP contribution in [0, 0.1) is 5.82 Å². The molecule has 2 aromatic heterocycles. The van der Waals surface area contributed by atoms with Gasteiger partial charge in [-0.3, -0.25) is 8.78 Å². The maximum Gasteiger partial charge on any atom is 0.138 e. The minimum absolute atomic E-state index is 0.0859. The van der Waals surface area contributed by atoms with Crippen LogP contribution in [0.15, 0.2) is 55.1 Å². The van der Waals surface area contributed by atoms with Gasteiger partial charge in [0.25, 0.3) is 0 Å². The molecule has 0 amide bonds. The third-order valence-corrected chi connectivity index (χ3v) is 3.70. The molecule has 112 valence electrons. The SMILES string of the molecule is O=S([O-])Cc1ccc(-n2cncc2-c2ccccc2F)nc1. The summed E-state index contributed by atoms with van der Waals surface area (Å²) in [6.45, 7) is 0. The first-order valence-corrected chi connectivity index (χ1v) is 7.68. The van der Waals surface area contributed by atoms with Gasteiger partial charge in [-0.1, -0.05) is 29.3 Å². The van der Waals surface area contributed by atoms with Crippen LogP contribution in [-0.4, -0.2) is 23.3 Å². The zero-order chi connectivity index (χ0) is 15.5. The van der Waals surface area contributed by atoms with E-state index in [4.69, 9.17) is 0 Å². The highest BCUT2D eigenvalue weighted by Crippen LogP contribution is 2.24. The summed E-state index contributed by atoms with van der Waals surface area (Å²) < 4.78 is 36.9. The maximum atomic E-state index is 13.9. The summed E-state index contributed by atoms with van der Waals surface area (Å²) in [5.41, 5.74) is 1.59. The summed E-state index contributed by atoms with van der Waals surface area (Å²) in [6, 6.07) is 9.76. The van der Waals surface area contributed by atoms with Crippen LogP contribution in [0.2, 0.25) is 0 Å². The van der Waals surface area contributed by atoms with Crippen LogP contribution in [0.5, 0.6) is 0 Å². The fourth-order valence-corrected chi connectivity index (χ4v) is 2.57. The standard InChI is InChI=1S/C15H12FN3O2S/c16-13-4-2-1-3-12(13)14-8-17-10-19(14)15-6-5-11(7-18-15)9-22(20)21/h1-8,10H,9H2,(H,20,21)/p-1. The Morgan fingerprint density at radius 2 is 2.00 bits per heavy atom. The molecule has 2 heterocycles. The molecule has 0 spiro atoms. The summed E-state index contributed by atoms with van der Waals surface area (Å²) in [7, 11) is 0. The van der Waals surface area contributed by atoms with Crippen LogP contribution in [0.4, 0.5) is 4.39 Å². The Kier molecular flexibility index (Phi) is 4.08. The monoisotopic (exact) mass is 316 g/mol. The van der Waals surface area contributed by atoms with Crippen molar-refractivity contribution in [1.82, 2.24) is 14.5 Å². The Bertz CT molecular complexity index is 818. The van der Waals surface area contributed by atoms with E-state index in [1.54, 1.807) is 41.1 Å². The number of nitrogens with zero attached hydrogens (tertiary/aromatic N) is 3.